The van der Waals surface area contributed by atoms with Crippen LogP contribution in [-0.2, 0) is 0 Å². The molecule has 0 aliphatic heterocycles. The first-order valence-electron chi connectivity index (χ1n) is 6.12. The Morgan fingerprint density at radius 3 is 2.23 bits per heavy atom. The third-order valence-electron chi connectivity index (χ3n) is 4.43. The summed E-state index contributed by atoms with van der Waals surface area (Å²) in [5, 5.41) is 3.81. The smallest absolute Gasteiger partial charge is 0.00672 e. The van der Waals surface area contributed by atoms with Gasteiger partial charge in [-0.3, -0.25) is 0 Å². The molecule has 0 aromatic rings. The third-order valence-corrected chi connectivity index (χ3v) is 4.43. The first kappa shape index (κ1) is 8.28. The van der Waals surface area contributed by atoms with Gasteiger partial charge >= 0.3 is 0 Å². The normalized spacial score (nSPS) is 32.3. The summed E-state index contributed by atoms with van der Waals surface area (Å²) in [4.78, 5) is 0. The van der Waals surface area contributed by atoms with Gasteiger partial charge in [0.25, 0.3) is 0 Å². The van der Waals surface area contributed by atoms with E-state index in [2.05, 4.69) is 5.32 Å². The molecule has 3 rings (SSSR count). The highest BCUT2D eigenvalue weighted by atomic mass is 14.9. The van der Waals surface area contributed by atoms with Crippen molar-refractivity contribution in [3.63, 3.8) is 0 Å². The maximum Gasteiger partial charge on any atom is 0.00672 e. The predicted octanol–water partition coefficient (Wildman–Crippen LogP) is 2.71. The zero-order chi connectivity index (χ0) is 8.73. The molecule has 0 aromatic carbocycles. The molecule has 0 aromatic heterocycles. The average Bonchev–Trinajstić information content (AvgIpc) is 3.02. The van der Waals surface area contributed by atoms with E-state index in [1.54, 1.807) is 0 Å². The van der Waals surface area contributed by atoms with Gasteiger partial charge in [-0.15, -0.1) is 0 Å². The molecular formula is C12H21N. The standard InChI is InChI=1S/C12H21N/c1-2-4-11(3-1)13-9-12(7-8-12)10-5-6-10/h10-11,13H,1-9H2. The topological polar surface area (TPSA) is 12.0 Å². The lowest BCUT2D eigenvalue weighted by molar-refractivity contribution is 0.372. The quantitative estimate of drug-likeness (QED) is 0.699. The summed E-state index contributed by atoms with van der Waals surface area (Å²) in [7, 11) is 0. The molecule has 0 bridgehead atoms. The second-order valence-electron chi connectivity index (χ2n) is 5.50. The van der Waals surface area contributed by atoms with Gasteiger partial charge in [0, 0.05) is 12.6 Å². The molecule has 74 valence electrons. The minimum atomic E-state index is 0.808. The van der Waals surface area contributed by atoms with Crippen LogP contribution in [0.4, 0.5) is 0 Å². The molecule has 13 heavy (non-hydrogen) atoms. The van der Waals surface area contributed by atoms with Gasteiger partial charge in [0.05, 0.1) is 0 Å². The van der Waals surface area contributed by atoms with E-state index in [0.29, 0.717) is 0 Å². The second-order valence-corrected chi connectivity index (χ2v) is 5.50. The molecule has 0 spiro atoms. The Labute approximate surface area is 81.3 Å². The van der Waals surface area contributed by atoms with Crippen molar-refractivity contribution < 1.29 is 0 Å². The van der Waals surface area contributed by atoms with Crippen LogP contribution in [-0.4, -0.2) is 12.6 Å². The van der Waals surface area contributed by atoms with Crippen molar-refractivity contribution in [3.8, 4) is 0 Å². The van der Waals surface area contributed by atoms with Crippen LogP contribution in [0.2, 0.25) is 0 Å². The van der Waals surface area contributed by atoms with Crippen LogP contribution in [0.3, 0.4) is 0 Å². The molecule has 0 heterocycles. The van der Waals surface area contributed by atoms with Gasteiger partial charge in [-0.1, -0.05) is 12.8 Å². The summed E-state index contributed by atoms with van der Waals surface area (Å²) >= 11 is 0. The zero-order valence-electron chi connectivity index (χ0n) is 8.52. The van der Waals surface area contributed by atoms with Crippen molar-refractivity contribution in [2.24, 2.45) is 11.3 Å². The lowest BCUT2D eigenvalue weighted by Gasteiger charge is -2.18. The maximum atomic E-state index is 3.81. The zero-order valence-corrected chi connectivity index (χ0v) is 8.52. The Morgan fingerprint density at radius 2 is 1.69 bits per heavy atom. The Morgan fingerprint density at radius 1 is 1.00 bits per heavy atom. The van der Waals surface area contributed by atoms with Crippen molar-refractivity contribution in [1.82, 2.24) is 5.32 Å². The first-order chi connectivity index (χ1) is 6.39. The molecule has 0 saturated heterocycles. The van der Waals surface area contributed by atoms with Gasteiger partial charge in [0.2, 0.25) is 0 Å². The molecule has 0 unspecified atom stereocenters. The van der Waals surface area contributed by atoms with E-state index in [-0.39, 0.29) is 0 Å². The Bertz CT molecular complexity index is 185. The van der Waals surface area contributed by atoms with Crippen molar-refractivity contribution in [3.05, 3.63) is 0 Å². The molecule has 1 nitrogen and oxygen atoms in total. The van der Waals surface area contributed by atoms with Crippen LogP contribution in [0.1, 0.15) is 51.4 Å². The van der Waals surface area contributed by atoms with Gasteiger partial charge in [-0.2, -0.15) is 0 Å². The highest BCUT2D eigenvalue weighted by Gasteiger charge is 2.53. The Hall–Kier alpha value is -0.0400. The summed E-state index contributed by atoms with van der Waals surface area (Å²) in [6.07, 6.45) is 11.9. The number of rotatable bonds is 4. The van der Waals surface area contributed by atoms with Crippen molar-refractivity contribution in [1.29, 1.82) is 0 Å². The van der Waals surface area contributed by atoms with Crippen molar-refractivity contribution in [2.75, 3.05) is 6.54 Å². The molecule has 1 N–H and O–H groups in total. The highest BCUT2D eigenvalue weighted by molar-refractivity contribution is 5.05. The molecule has 3 saturated carbocycles. The first-order valence-corrected chi connectivity index (χ1v) is 6.12. The van der Waals surface area contributed by atoms with E-state index in [1.807, 2.05) is 0 Å². The lowest BCUT2D eigenvalue weighted by atomic mass is 10.0. The molecule has 3 fully saturated rings. The van der Waals surface area contributed by atoms with Crippen LogP contribution in [0.15, 0.2) is 0 Å². The largest absolute Gasteiger partial charge is 0.313 e. The van der Waals surface area contributed by atoms with E-state index in [4.69, 9.17) is 0 Å². The van der Waals surface area contributed by atoms with Crippen LogP contribution >= 0.6 is 0 Å². The predicted molar refractivity (Wildman–Crippen MR) is 54.6 cm³/mol. The molecule has 0 amide bonds. The fourth-order valence-corrected chi connectivity index (χ4v) is 3.06. The van der Waals surface area contributed by atoms with Gasteiger partial charge < -0.3 is 5.32 Å². The van der Waals surface area contributed by atoms with Gasteiger partial charge in [-0.25, -0.2) is 0 Å². The van der Waals surface area contributed by atoms with E-state index < -0.39 is 0 Å². The molecule has 3 aliphatic carbocycles. The summed E-state index contributed by atoms with van der Waals surface area (Å²) in [6, 6.07) is 0.885. The number of hydrogen-bond acceptors (Lipinski definition) is 1. The maximum absolute atomic E-state index is 3.81. The molecule has 1 heteroatoms. The van der Waals surface area contributed by atoms with Crippen LogP contribution < -0.4 is 5.32 Å². The molecular weight excluding hydrogens is 158 g/mol. The second kappa shape index (κ2) is 2.98. The average molecular weight is 179 g/mol. The van der Waals surface area contributed by atoms with Crippen LogP contribution in [0.25, 0.3) is 0 Å². The Balaban J connectivity index is 1.46. The van der Waals surface area contributed by atoms with E-state index >= 15 is 0 Å². The van der Waals surface area contributed by atoms with Crippen molar-refractivity contribution in [2.45, 2.75) is 57.4 Å². The van der Waals surface area contributed by atoms with Crippen LogP contribution in [0, 0.1) is 11.3 Å². The minimum absolute atomic E-state index is 0.808. The van der Waals surface area contributed by atoms with E-state index in [9.17, 15) is 0 Å². The molecule has 0 atom stereocenters. The summed E-state index contributed by atoms with van der Waals surface area (Å²) in [5.74, 6) is 1.13. The monoisotopic (exact) mass is 179 g/mol. The summed E-state index contributed by atoms with van der Waals surface area (Å²) < 4.78 is 0. The molecule has 0 radical (unpaired) electrons. The van der Waals surface area contributed by atoms with Gasteiger partial charge in [-0.05, 0) is 49.9 Å². The van der Waals surface area contributed by atoms with Gasteiger partial charge in [0.15, 0.2) is 0 Å². The number of nitrogens with one attached hydrogen (secondary N) is 1. The molecule has 3 aliphatic rings. The van der Waals surface area contributed by atoms with E-state index in [0.717, 1.165) is 17.4 Å². The number of hydrogen-bond donors (Lipinski definition) is 1. The minimum Gasteiger partial charge on any atom is -0.313 e. The van der Waals surface area contributed by atoms with Gasteiger partial charge in [0.1, 0.15) is 0 Å². The SMILES string of the molecule is C1CCC(NCC2(C3CC3)CC2)C1. The fraction of sp³-hybridized carbons (Fsp3) is 1.00. The lowest BCUT2D eigenvalue weighted by Crippen LogP contribution is -2.32. The van der Waals surface area contributed by atoms with Crippen LogP contribution in [0.5, 0.6) is 0 Å². The fourth-order valence-electron chi connectivity index (χ4n) is 3.06. The van der Waals surface area contributed by atoms with Crippen molar-refractivity contribution >= 4 is 0 Å². The Kier molecular flexibility index (Phi) is 1.90. The third kappa shape index (κ3) is 1.63. The van der Waals surface area contributed by atoms with E-state index in [1.165, 1.54) is 57.9 Å². The summed E-state index contributed by atoms with van der Waals surface area (Å²) in [5.41, 5.74) is 0.808. The summed E-state index contributed by atoms with van der Waals surface area (Å²) in [6.45, 7) is 1.35. The highest BCUT2D eigenvalue weighted by Crippen LogP contribution is 2.60.